The molecule has 3 N–H and O–H groups in total. The molecule has 0 aliphatic rings. The highest BCUT2D eigenvalue weighted by Crippen LogP contribution is 2.22. The van der Waals surface area contributed by atoms with E-state index in [0.717, 1.165) is 14.2 Å². The van der Waals surface area contributed by atoms with E-state index in [0.29, 0.717) is 18.0 Å². The molecule has 0 aliphatic heterocycles. The third-order valence-electron chi connectivity index (χ3n) is 2.24. The third kappa shape index (κ3) is 3.91. The molecule has 6 heteroatoms. The number of halogens is 1. The first-order valence-electron chi connectivity index (χ1n) is 5.49. The summed E-state index contributed by atoms with van der Waals surface area (Å²) < 4.78 is 1.03. The Morgan fingerprint density at radius 2 is 2.26 bits per heavy atom. The molecular formula is C13H11BrN2OS2. The number of carbonyl (C=O) groups is 1. The number of nitrogens with two attached hydrogens (primary N) is 1. The van der Waals surface area contributed by atoms with Crippen molar-refractivity contribution in [3.05, 3.63) is 42.7 Å². The average Bonchev–Trinajstić information content (AvgIpc) is 3.03. The standard InChI is InChI=1S/C13H11BrN2OS2/c14-10-5-7-18-12(10)8-16-13(17)11-4-3-9(19-11)2-1-6-15/h3-5,7H,6,8,15H2,(H,16,17). The van der Waals surface area contributed by atoms with Crippen molar-refractivity contribution in [1.82, 2.24) is 5.32 Å². The van der Waals surface area contributed by atoms with Gasteiger partial charge in [0.05, 0.1) is 22.8 Å². The molecule has 0 bridgehead atoms. The first kappa shape index (κ1) is 14.3. The zero-order valence-corrected chi connectivity index (χ0v) is 13.1. The van der Waals surface area contributed by atoms with Crippen LogP contribution in [0.1, 0.15) is 19.4 Å². The van der Waals surface area contributed by atoms with Gasteiger partial charge in [0.2, 0.25) is 0 Å². The molecule has 0 saturated heterocycles. The Hall–Kier alpha value is -1.13. The van der Waals surface area contributed by atoms with Crippen LogP contribution < -0.4 is 11.1 Å². The van der Waals surface area contributed by atoms with Gasteiger partial charge >= 0.3 is 0 Å². The van der Waals surface area contributed by atoms with E-state index in [4.69, 9.17) is 5.73 Å². The molecule has 2 aromatic rings. The molecule has 0 fully saturated rings. The van der Waals surface area contributed by atoms with Crippen LogP contribution in [0.25, 0.3) is 0 Å². The molecule has 19 heavy (non-hydrogen) atoms. The molecule has 1 amide bonds. The summed E-state index contributed by atoms with van der Waals surface area (Å²) in [6, 6.07) is 5.59. The maximum Gasteiger partial charge on any atom is 0.261 e. The Morgan fingerprint density at radius 1 is 1.42 bits per heavy atom. The van der Waals surface area contributed by atoms with Gasteiger partial charge < -0.3 is 11.1 Å². The van der Waals surface area contributed by atoms with Crippen molar-refractivity contribution >= 4 is 44.5 Å². The van der Waals surface area contributed by atoms with E-state index in [-0.39, 0.29) is 5.91 Å². The van der Waals surface area contributed by atoms with Crippen LogP contribution in [-0.4, -0.2) is 12.5 Å². The monoisotopic (exact) mass is 354 g/mol. The smallest absolute Gasteiger partial charge is 0.261 e. The normalized spacial score (nSPS) is 9.79. The van der Waals surface area contributed by atoms with Crippen LogP contribution in [0.3, 0.4) is 0 Å². The number of nitrogens with one attached hydrogen (secondary N) is 1. The Morgan fingerprint density at radius 3 is 2.95 bits per heavy atom. The van der Waals surface area contributed by atoms with Crippen molar-refractivity contribution in [2.24, 2.45) is 5.73 Å². The number of rotatable bonds is 3. The molecule has 98 valence electrons. The number of amides is 1. The summed E-state index contributed by atoms with van der Waals surface area (Å²) in [7, 11) is 0. The Labute approximate surface area is 128 Å². The van der Waals surface area contributed by atoms with Gasteiger partial charge in [-0.3, -0.25) is 4.79 Å². The van der Waals surface area contributed by atoms with Crippen molar-refractivity contribution in [3.8, 4) is 11.8 Å². The van der Waals surface area contributed by atoms with Crippen molar-refractivity contribution in [3.63, 3.8) is 0 Å². The van der Waals surface area contributed by atoms with E-state index in [1.54, 1.807) is 17.4 Å². The van der Waals surface area contributed by atoms with E-state index in [2.05, 4.69) is 33.1 Å². The fourth-order valence-corrected chi connectivity index (χ4v) is 3.59. The maximum atomic E-state index is 12.0. The lowest BCUT2D eigenvalue weighted by Crippen LogP contribution is -2.21. The van der Waals surface area contributed by atoms with Crippen LogP contribution >= 0.6 is 38.6 Å². The second-order valence-electron chi connectivity index (χ2n) is 3.54. The number of carbonyl (C=O) groups excluding carboxylic acids is 1. The Bertz CT molecular complexity index is 636. The minimum Gasteiger partial charge on any atom is -0.346 e. The minimum atomic E-state index is -0.0777. The fraction of sp³-hybridized carbons (Fsp3) is 0.154. The van der Waals surface area contributed by atoms with Crippen LogP contribution in [0.4, 0.5) is 0 Å². The largest absolute Gasteiger partial charge is 0.346 e. The van der Waals surface area contributed by atoms with Gasteiger partial charge in [-0.15, -0.1) is 22.7 Å². The Kier molecular flexibility index (Phi) is 5.16. The van der Waals surface area contributed by atoms with E-state index in [9.17, 15) is 4.79 Å². The molecule has 2 aromatic heterocycles. The summed E-state index contributed by atoms with van der Waals surface area (Å²) in [5.41, 5.74) is 5.31. The lowest BCUT2D eigenvalue weighted by atomic mass is 10.4. The number of hydrogen-bond acceptors (Lipinski definition) is 4. The summed E-state index contributed by atoms with van der Waals surface area (Å²) in [6.07, 6.45) is 0. The van der Waals surface area contributed by atoms with Gasteiger partial charge in [0.15, 0.2) is 0 Å². The molecule has 2 rings (SSSR count). The van der Waals surface area contributed by atoms with Gasteiger partial charge in [-0.2, -0.15) is 0 Å². The zero-order chi connectivity index (χ0) is 13.7. The van der Waals surface area contributed by atoms with Crippen molar-refractivity contribution in [2.45, 2.75) is 6.54 Å². The highest BCUT2D eigenvalue weighted by atomic mass is 79.9. The molecule has 0 aromatic carbocycles. The van der Waals surface area contributed by atoms with Crippen LogP contribution in [0.15, 0.2) is 28.1 Å². The van der Waals surface area contributed by atoms with Crippen molar-refractivity contribution in [1.29, 1.82) is 0 Å². The van der Waals surface area contributed by atoms with Gasteiger partial charge in [0.25, 0.3) is 5.91 Å². The topological polar surface area (TPSA) is 55.1 Å². The van der Waals surface area contributed by atoms with Gasteiger partial charge in [0, 0.05) is 9.35 Å². The SMILES string of the molecule is NCC#Cc1ccc(C(=O)NCc2sccc2Br)s1. The molecular weight excluding hydrogens is 344 g/mol. The molecule has 0 saturated carbocycles. The second-order valence-corrected chi connectivity index (χ2v) is 6.48. The average molecular weight is 355 g/mol. The molecule has 3 nitrogen and oxygen atoms in total. The summed E-state index contributed by atoms with van der Waals surface area (Å²) in [5, 5.41) is 4.87. The first-order valence-corrected chi connectivity index (χ1v) is 7.98. The highest BCUT2D eigenvalue weighted by Gasteiger charge is 2.09. The van der Waals surface area contributed by atoms with Crippen molar-refractivity contribution < 1.29 is 4.79 Å². The summed E-state index contributed by atoms with van der Waals surface area (Å²) in [5.74, 6) is 5.61. The Balaban J connectivity index is 1.96. The van der Waals surface area contributed by atoms with E-state index < -0.39 is 0 Å². The summed E-state index contributed by atoms with van der Waals surface area (Å²) in [6.45, 7) is 0.852. The zero-order valence-electron chi connectivity index (χ0n) is 9.90. The maximum absolute atomic E-state index is 12.0. The molecule has 2 heterocycles. The molecule has 0 unspecified atom stereocenters. The van der Waals surface area contributed by atoms with Crippen LogP contribution in [0.5, 0.6) is 0 Å². The molecule has 0 radical (unpaired) electrons. The van der Waals surface area contributed by atoms with E-state index in [1.807, 2.05) is 17.5 Å². The van der Waals surface area contributed by atoms with Crippen molar-refractivity contribution in [2.75, 3.05) is 6.54 Å². The summed E-state index contributed by atoms with van der Waals surface area (Å²) >= 11 is 6.42. The molecule has 0 atom stereocenters. The quantitative estimate of drug-likeness (QED) is 0.832. The second kappa shape index (κ2) is 6.87. The first-order chi connectivity index (χ1) is 9.20. The number of thiophene rings is 2. The van der Waals surface area contributed by atoms with Crippen LogP contribution in [0, 0.1) is 11.8 Å². The minimum absolute atomic E-state index is 0.0777. The van der Waals surface area contributed by atoms with Gasteiger partial charge in [0.1, 0.15) is 0 Å². The molecule has 0 spiro atoms. The van der Waals surface area contributed by atoms with Gasteiger partial charge in [-0.1, -0.05) is 11.8 Å². The van der Waals surface area contributed by atoms with Crippen LogP contribution in [0.2, 0.25) is 0 Å². The van der Waals surface area contributed by atoms with E-state index >= 15 is 0 Å². The van der Waals surface area contributed by atoms with Gasteiger partial charge in [-0.25, -0.2) is 0 Å². The predicted molar refractivity (Wildman–Crippen MR) is 83.4 cm³/mol. The van der Waals surface area contributed by atoms with Gasteiger partial charge in [-0.05, 0) is 39.5 Å². The molecule has 0 aliphatic carbocycles. The highest BCUT2D eigenvalue weighted by molar-refractivity contribution is 9.10. The number of hydrogen-bond donors (Lipinski definition) is 2. The lowest BCUT2D eigenvalue weighted by molar-refractivity contribution is 0.0955. The predicted octanol–water partition coefficient (Wildman–Crippen LogP) is 2.81. The van der Waals surface area contributed by atoms with E-state index in [1.165, 1.54) is 11.3 Å². The lowest BCUT2D eigenvalue weighted by Gasteiger charge is -2.01. The summed E-state index contributed by atoms with van der Waals surface area (Å²) in [4.78, 5) is 14.6. The fourth-order valence-electron chi connectivity index (χ4n) is 1.36. The van der Waals surface area contributed by atoms with Crippen LogP contribution in [-0.2, 0) is 6.54 Å². The third-order valence-corrected chi connectivity index (χ3v) is 5.17.